The van der Waals surface area contributed by atoms with Crippen molar-refractivity contribution in [2.24, 2.45) is 0 Å². The van der Waals surface area contributed by atoms with Gasteiger partial charge in [0.1, 0.15) is 5.75 Å². The SMILES string of the molecule is CCCOC(=O)c1ccc(NC(=S)NC(=O)Cc2ccc(OC)cc2)cc1. The molecule has 0 spiro atoms. The Bertz CT molecular complexity index is 789. The molecule has 2 rings (SSSR count). The molecule has 2 N–H and O–H groups in total. The summed E-state index contributed by atoms with van der Waals surface area (Å²) in [7, 11) is 1.59. The Morgan fingerprint density at radius 2 is 1.70 bits per heavy atom. The number of ether oxygens (including phenoxy) is 2. The first-order chi connectivity index (χ1) is 13.0. The van der Waals surface area contributed by atoms with Crippen LogP contribution >= 0.6 is 12.2 Å². The first-order valence-corrected chi connectivity index (χ1v) is 8.93. The number of nitrogens with one attached hydrogen (secondary N) is 2. The minimum absolute atomic E-state index is 0.190. The van der Waals surface area contributed by atoms with Crippen LogP contribution in [-0.2, 0) is 16.0 Å². The molecule has 7 heteroatoms. The molecule has 0 bridgehead atoms. The second-order valence-electron chi connectivity index (χ2n) is 5.74. The lowest BCUT2D eigenvalue weighted by Crippen LogP contribution is -2.35. The molecule has 0 aliphatic rings. The van der Waals surface area contributed by atoms with E-state index < -0.39 is 0 Å². The van der Waals surface area contributed by atoms with Gasteiger partial charge >= 0.3 is 5.97 Å². The highest BCUT2D eigenvalue weighted by Gasteiger charge is 2.09. The van der Waals surface area contributed by atoms with Crippen molar-refractivity contribution in [3.63, 3.8) is 0 Å². The zero-order valence-electron chi connectivity index (χ0n) is 15.3. The second kappa shape index (κ2) is 10.3. The molecule has 0 unspecified atom stereocenters. The highest BCUT2D eigenvalue weighted by Crippen LogP contribution is 2.12. The topological polar surface area (TPSA) is 76.7 Å². The van der Waals surface area contributed by atoms with Gasteiger partial charge in [0.25, 0.3) is 0 Å². The van der Waals surface area contributed by atoms with Crippen LogP contribution in [0.2, 0.25) is 0 Å². The number of hydrogen-bond donors (Lipinski definition) is 2. The molecule has 142 valence electrons. The molecule has 2 aromatic carbocycles. The van der Waals surface area contributed by atoms with Crippen LogP contribution in [0.3, 0.4) is 0 Å². The highest BCUT2D eigenvalue weighted by molar-refractivity contribution is 7.80. The minimum Gasteiger partial charge on any atom is -0.497 e. The van der Waals surface area contributed by atoms with Gasteiger partial charge in [-0.3, -0.25) is 4.79 Å². The Labute approximate surface area is 163 Å². The van der Waals surface area contributed by atoms with Crippen molar-refractivity contribution >= 4 is 34.9 Å². The molecular weight excluding hydrogens is 364 g/mol. The summed E-state index contributed by atoms with van der Waals surface area (Å²) < 4.78 is 10.2. The number of benzene rings is 2. The van der Waals surface area contributed by atoms with Gasteiger partial charge in [-0.15, -0.1) is 0 Å². The Kier molecular flexibility index (Phi) is 7.76. The zero-order valence-corrected chi connectivity index (χ0v) is 16.1. The van der Waals surface area contributed by atoms with Crippen molar-refractivity contribution in [3.05, 3.63) is 59.7 Å². The number of rotatable bonds is 7. The van der Waals surface area contributed by atoms with Crippen LogP contribution in [0, 0.1) is 0 Å². The number of thiocarbonyl (C=S) groups is 1. The van der Waals surface area contributed by atoms with E-state index in [-0.39, 0.29) is 23.4 Å². The molecule has 27 heavy (non-hydrogen) atoms. The lowest BCUT2D eigenvalue weighted by Gasteiger charge is -2.10. The Morgan fingerprint density at radius 1 is 1.04 bits per heavy atom. The minimum atomic E-state index is -0.362. The number of carbonyl (C=O) groups is 2. The maximum Gasteiger partial charge on any atom is 0.338 e. The molecule has 0 saturated carbocycles. The number of carbonyl (C=O) groups excluding carboxylic acids is 2. The van der Waals surface area contributed by atoms with E-state index in [1.54, 1.807) is 43.5 Å². The molecular formula is C20H22N2O4S. The fraction of sp³-hybridized carbons (Fsp3) is 0.250. The third kappa shape index (κ3) is 6.71. The van der Waals surface area contributed by atoms with Gasteiger partial charge in [0, 0.05) is 5.69 Å². The van der Waals surface area contributed by atoms with Crippen LogP contribution in [0.5, 0.6) is 5.75 Å². The highest BCUT2D eigenvalue weighted by atomic mass is 32.1. The summed E-state index contributed by atoms with van der Waals surface area (Å²) in [6.45, 7) is 2.33. The molecule has 0 saturated heterocycles. The molecule has 0 aliphatic heterocycles. The van der Waals surface area contributed by atoms with E-state index in [0.717, 1.165) is 17.7 Å². The second-order valence-corrected chi connectivity index (χ2v) is 6.15. The molecule has 0 fully saturated rings. The summed E-state index contributed by atoms with van der Waals surface area (Å²) in [6.07, 6.45) is 0.976. The third-order valence-electron chi connectivity index (χ3n) is 3.59. The lowest BCUT2D eigenvalue weighted by atomic mass is 10.1. The standard InChI is InChI=1S/C20H22N2O4S/c1-3-12-26-19(24)15-6-8-16(9-7-15)21-20(27)22-18(23)13-14-4-10-17(25-2)11-5-14/h4-11H,3,12-13H2,1-2H3,(H2,21,22,23,27). The van der Waals surface area contributed by atoms with Crippen molar-refractivity contribution in [1.29, 1.82) is 0 Å². The molecule has 0 aliphatic carbocycles. The van der Waals surface area contributed by atoms with E-state index in [4.69, 9.17) is 21.7 Å². The predicted molar refractivity (Wildman–Crippen MR) is 108 cm³/mol. The molecule has 0 radical (unpaired) electrons. The monoisotopic (exact) mass is 386 g/mol. The van der Waals surface area contributed by atoms with E-state index >= 15 is 0 Å². The smallest absolute Gasteiger partial charge is 0.338 e. The van der Waals surface area contributed by atoms with Gasteiger partial charge in [-0.1, -0.05) is 19.1 Å². The van der Waals surface area contributed by atoms with Gasteiger partial charge in [0.15, 0.2) is 5.11 Å². The van der Waals surface area contributed by atoms with E-state index in [1.807, 2.05) is 19.1 Å². The Morgan fingerprint density at radius 3 is 2.30 bits per heavy atom. The van der Waals surface area contributed by atoms with Gasteiger partial charge < -0.3 is 20.1 Å². The summed E-state index contributed by atoms with van der Waals surface area (Å²) in [6, 6.07) is 13.9. The first-order valence-electron chi connectivity index (χ1n) is 8.52. The fourth-order valence-electron chi connectivity index (χ4n) is 2.23. The van der Waals surface area contributed by atoms with Crippen molar-refractivity contribution in [2.75, 3.05) is 19.0 Å². The van der Waals surface area contributed by atoms with Gasteiger partial charge in [0.05, 0.1) is 25.7 Å². The van der Waals surface area contributed by atoms with Gasteiger partial charge in [-0.05, 0) is 60.6 Å². The maximum atomic E-state index is 12.1. The lowest BCUT2D eigenvalue weighted by molar-refractivity contribution is -0.119. The van der Waals surface area contributed by atoms with E-state index in [1.165, 1.54) is 0 Å². The summed E-state index contributed by atoms with van der Waals surface area (Å²) in [5.74, 6) is 0.148. The number of methoxy groups -OCH3 is 1. The van der Waals surface area contributed by atoms with E-state index in [0.29, 0.717) is 17.9 Å². The average molecular weight is 386 g/mol. The predicted octanol–water partition coefficient (Wildman–Crippen LogP) is 3.32. The maximum absolute atomic E-state index is 12.1. The van der Waals surface area contributed by atoms with Crippen LogP contribution in [0.1, 0.15) is 29.3 Å². The fourth-order valence-corrected chi connectivity index (χ4v) is 2.46. The van der Waals surface area contributed by atoms with Crippen LogP contribution in [0.4, 0.5) is 5.69 Å². The van der Waals surface area contributed by atoms with E-state index in [2.05, 4.69) is 10.6 Å². The van der Waals surface area contributed by atoms with Crippen molar-refractivity contribution in [1.82, 2.24) is 5.32 Å². The summed E-state index contributed by atoms with van der Waals surface area (Å²) in [5, 5.41) is 5.73. The van der Waals surface area contributed by atoms with Crippen molar-refractivity contribution in [3.8, 4) is 5.75 Å². The number of esters is 1. The quantitative estimate of drug-likeness (QED) is 0.562. The molecule has 1 amide bonds. The number of amides is 1. The summed E-state index contributed by atoms with van der Waals surface area (Å²) in [4.78, 5) is 23.8. The molecule has 0 atom stereocenters. The normalized spacial score (nSPS) is 10.0. The molecule has 6 nitrogen and oxygen atoms in total. The van der Waals surface area contributed by atoms with Crippen LogP contribution in [0.15, 0.2) is 48.5 Å². The first kappa shape index (κ1) is 20.4. The summed E-state index contributed by atoms with van der Waals surface area (Å²) in [5.41, 5.74) is 1.98. The van der Waals surface area contributed by atoms with Crippen LogP contribution in [0.25, 0.3) is 0 Å². The van der Waals surface area contributed by atoms with Gasteiger partial charge in [-0.25, -0.2) is 4.79 Å². The third-order valence-corrected chi connectivity index (χ3v) is 3.80. The van der Waals surface area contributed by atoms with Crippen LogP contribution < -0.4 is 15.4 Å². The van der Waals surface area contributed by atoms with Crippen molar-refractivity contribution < 1.29 is 19.1 Å². The number of hydrogen-bond acceptors (Lipinski definition) is 5. The van der Waals surface area contributed by atoms with Crippen molar-refractivity contribution in [2.45, 2.75) is 19.8 Å². The van der Waals surface area contributed by atoms with Gasteiger partial charge in [-0.2, -0.15) is 0 Å². The Hall–Kier alpha value is -2.93. The number of anilines is 1. The summed E-state index contributed by atoms with van der Waals surface area (Å²) >= 11 is 5.16. The Balaban J connectivity index is 1.83. The molecule has 0 aromatic heterocycles. The largest absolute Gasteiger partial charge is 0.497 e. The molecule has 0 heterocycles. The average Bonchev–Trinajstić information content (AvgIpc) is 2.67. The van der Waals surface area contributed by atoms with E-state index in [9.17, 15) is 9.59 Å². The van der Waals surface area contributed by atoms with Gasteiger partial charge in [0.2, 0.25) is 5.91 Å². The zero-order chi connectivity index (χ0) is 19.6. The molecule has 2 aromatic rings. The van der Waals surface area contributed by atoms with Crippen LogP contribution in [-0.4, -0.2) is 30.7 Å².